The smallest absolute Gasteiger partial charge is 0.123 e. The van der Waals surface area contributed by atoms with E-state index in [0.29, 0.717) is 0 Å². The van der Waals surface area contributed by atoms with Gasteiger partial charge in [0.15, 0.2) is 0 Å². The van der Waals surface area contributed by atoms with Crippen LogP contribution in [-0.4, -0.2) is 21.3 Å². The van der Waals surface area contributed by atoms with Crippen molar-refractivity contribution in [2.75, 3.05) is 21.3 Å². The molecule has 0 radical (unpaired) electrons. The van der Waals surface area contributed by atoms with Crippen molar-refractivity contribution in [3.05, 3.63) is 140 Å². The maximum Gasteiger partial charge on any atom is 0.123 e. The first-order valence-electron chi connectivity index (χ1n) is 14.2. The van der Waals surface area contributed by atoms with Crippen LogP contribution in [0.1, 0.15) is 61.6 Å². The molecule has 41 heavy (non-hydrogen) atoms. The van der Waals surface area contributed by atoms with E-state index >= 15 is 0 Å². The zero-order valence-electron chi connectivity index (χ0n) is 24.2. The fraction of sp³-hybridized carbons (Fsp3) is 0.211. The molecule has 0 fully saturated rings. The monoisotopic (exact) mass is 538 g/mol. The van der Waals surface area contributed by atoms with Crippen molar-refractivity contribution in [2.45, 2.75) is 31.6 Å². The summed E-state index contributed by atoms with van der Waals surface area (Å²) in [5.74, 6) is 2.85. The molecule has 0 saturated heterocycles. The molecule has 3 aliphatic rings. The van der Waals surface area contributed by atoms with Crippen molar-refractivity contribution >= 4 is 18.2 Å². The van der Waals surface area contributed by atoms with Gasteiger partial charge in [0.2, 0.25) is 0 Å². The highest BCUT2D eigenvalue weighted by molar-refractivity contribution is 5.85. The maximum absolute atomic E-state index is 5.97. The normalized spacial score (nSPS) is 17.2. The Hall–Kier alpha value is -4.50. The number of hydrogen-bond acceptors (Lipinski definition) is 3. The van der Waals surface area contributed by atoms with Crippen LogP contribution in [-0.2, 0) is 11.8 Å². The highest BCUT2D eigenvalue weighted by atomic mass is 16.5. The van der Waals surface area contributed by atoms with Crippen molar-refractivity contribution in [3.8, 4) is 17.2 Å². The number of ether oxygens (including phenoxy) is 3. The van der Waals surface area contributed by atoms with Crippen LogP contribution in [0.15, 0.2) is 84.5 Å². The van der Waals surface area contributed by atoms with E-state index in [1.807, 2.05) is 0 Å². The summed E-state index contributed by atoms with van der Waals surface area (Å²) in [6.07, 6.45) is 12.6. The average molecular weight is 539 g/mol. The second-order valence-electron chi connectivity index (χ2n) is 11.4. The van der Waals surface area contributed by atoms with Crippen LogP contribution >= 0.6 is 0 Å². The fourth-order valence-corrected chi connectivity index (χ4v) is 7.20. The summed E-state index contributed by atoms with van der Waals surface area (Å²) < 4.78 is 17.0. The molecular weight excluding hydrogens is 504 g/mol. The molecule has 0 bridgehead atoms. The lowest BCUT2D eigenvalue weighted by Crippen LogP contribution is -2.31. The molecule has 0 heterocycles. The van der Waals surface area contributed by atoms with Gasteiger partial charge >= 0.3 is 0 Å². The zero-order valence-corrected chi connectivity index (χ0v) is 24.2. The molecule has 4 aromatic rings. The highest BCUT2D eigenvalue weighted by Crippen LogP contribution is 2.53. The summed E-state index contributed by atoms with van der Waals surface area (Å²) in [4.78, 5) is 0. The third kappa shape index (κ3) is 3.87. The van der Waals surface area contributed by atoms with Crippen LogP contribution < -0.4 is 14.2 Å². The van der Waals surface area contributed by atoms with Gasteiger partial charge < -0.3 is 14.2 Å². The Morgan fingerprint density at radius 3 is 1.95 bits per heavy atom. The second kappa shape index (κ2) is 9.55. The van der Waals surface area contributed by atoms with Gasteiger partial charge in [-0.15, -0.1) is 0 Å². The lowest BCUT2D eigenvalue weighted by Gasteiger charge is -2.38. The summed E-state index contributed by atoms with van der Waals surface area (Å²) in [7, 11) is 5.22. The van der Waals surface area contributed by atoms with Gasteiger partial charge in [-0.1, -0.05) is 66.8 Å². The van der Waals surface area contributed by atoms with Crippen molar-refractivity contribution in [1.82, 2.24) is 0 Å². The summed E-state index contributed by atoms with van der Waals surface area (Å²) in [5.41, 5.74) is 14.0. The molecule has 0 amide bonds. The summed E-state index contributed by atoms with van der Waals surface area (Å²) in [6.45, 7) is 4.39. The lowest BCUT2D eigenvalue weighted by atomic mass is 9.65. The summed E-state index contributed by atoms with van der Waals surface area (Å²) in [6, 6.07) is 23.9. The van der Waals surface area contributed by atoms with Crippen molar-refractivity contribution in [2.24, 2.45) is 0 Å². The van der Waals surface area contributed by atoms with E-state index < -0.39 is 0 Å². The van der Waals surface area contributed by atoms with Gasteiger partial charge in [0.1, 0.15) is 17.2 Å². The SMILES string of the molecule is COc1ccc(C2(c3ccc(OC)cc3)C=Cc3c(cc(C)c4c3C3C(=Cc5cc(C)cc(OC)c53)C=C4)C2)cc1. The maximum atomic E-state index is 5.97. The third-order valence-corrected chi connectivity index (χ3v) is 9.17. The van der Waals surface area contributed by atoms with Crippen molar-refractivity contribution < 1.29 is 14.2 Å². The van der Waals surface area contributed by atoms with Crippen LogP contribution in [0.4, 0.5) is 0 Å². The topological polar surface area (TPSA) is 27.7 Å². The van der Waals surface area contributed by atoms with Gasteiger partial charge in [0.25, 0.3) is 0 Å². The number of aryl methyl sites for hydroxylation is 2. The first-order valence-corrected chi connectivity index (χ1v) is 14.2. The predicted octanol–water partition coefficient (Wildman–Crippen LogP) is 8.44. The Morgan fingerprint density at radius 2 is 1.34 bits per heavy atom. The number of methoxy groups -OCH3 is 3. The van der Waals surface area contributed by atoms with Crippen LogP contribution in [0.25, 0.3) is 18.2 Å². The first-order chi connectivity index (χ1) is 20.0. The third-order valence-electron chi connectivity index (χ3n) is 9.17. The second-order valence-corrected chi connectivity index (χ2v) is 11.4. The molecule has 7 rings (SSSR count). The van der Waals surface area contributed by atoms with Gasteiger partial charge in [-0.2, -0.15) is 0 Å². The molecule has 1 atom stereocenters. The molecule has 0 N–H and O–H groups in total. The number of rotatable bonds is 5. The minimum atomic E-state index is -0.322. The zero-order chi connectivity index (χ0) is 28.3. The number of hydrogen-bond donors (Lipinski definition) is 0. The van der Waals surface area contributed by atoms with E-state index in [9.17, 15) is 0 Å². The molecule has 0 saturated carbocycles. The minimum Gasteiger partial charge on any atom is -0.497 e. The number of fused-ring (bicyclic) bond motifs is 7. The first kappa shape index (κ1) is 25.5. The molecule has 0 spiro atoms. The Morgan fingerprint density at radius 1 is 0.683 bits per heavy atom. The van der Waals surface area contributed by atoms with Gasteiger partial charge in [-0.05, 0) is 106 Å². The van der Waals surface area contributed by atoms with E-state index in [1.165, 1.54) is 61.2 Å². The molecule has 1 unspecified atom stereocenters. The quantitative estimate of drug-likeness (QED) is 0.255. The standard InChI is InChI=1S/C38H34O3/c1-23-18-26-21-25-6-15-32-24(2)20-27-22-38(28-7-11-30(39-3)12-8-28,29-9-13-31(40-4)14-10-29)17-16-33(27)37(32)36(25)35(26)34(19-23)41-5/h6-21,36H,22H2,1-5H3. The van der Waals surface area contributed by atoms with E-state index in [2.05, 4.69) is 111 Å². The average Bonchev–Trinajstić information content (AvgIpc) is 3.38. The van der Waals surface area contributed by atoms with Crippen LogP contribution in [0.5, 0.6) is 17.2 Å². The molecule has 204 valence electrons. The van der Waals surface area contributed by atoms with E-state index in [1.54, 1.807) is 21.3 Å². The van der Waals surface area contributed by atoms with E-state index in [-0.39, 0.29) is 11.3 Å². The van der Waals surface area contributed by atoms with Gasteiger partial charge in [0.05, 0.1) is 21.3 Å². The molecule has 3 aliphatic carbocycles. The molecular formula is C38H34O3. The Bertz CT molecular complexity index is 1720. The largest absolute Gasteiger partial charge is 0.497 e. The summed E-state index contributed by atoms with van der Waals surface area (Å²) >= 11 is 0. The Kier molecular flexibility index (Phi) is 5.93. The van der Waals surface area contributed by atoms with Gasteiger partial charge in [-0.3, -0.25) is 0 Å². The highest BCUT2D eigenvalue weighted by Gasteiger charge is 2.39. The summed E-state index contributed by atoms with van der Waals surface area (Å²) in [5, 5.41) is 0. The number of allylic oxidation sites excluding steroid dienone is 3. The van der Waals surface area contributed by atoms with Gasteiger partial charge in [0, 0.05) is 16.9 Å². The lowest BCUT2D eigenvalue weighted by molar-refractivity contribution is 0.409. The fourth-order valence-electron chi connectivity index (χ4n) is 7.20. The van der Waals surface area contributed by atoms with E-state index in [4.69, 9.17) is 14.2 Å². The predicted molar refractivity (Wildman–Crippen MR) is 167 cm³/mol. The van der Waals surface area contributed by atoms with Crippen LogP contribution in [0.3, 0.4) is 0 Å². The van der Waals surface area contributed by atoms with Crippen LogP contribution in [0, 0.1) is 13.8 Å². The minimum absolute atomic E-state index is 0.160. The molecule has 3 heteroatoms. The van der Waals surface area contributed by atoms with E-state index in [0.717, 1.165) is 23.7 Å². The number of benzene rings is 4. The molecule has 0 aliphatic heterocycles. The van der Waals surface area contributed by atoms with Gasteiger partial charge in [-0.25, -0.2) is 0 Å². The van der Waals surface area contributed by atoms with Crippen molar-refractivity contribution in [3.63, 3.8) is 0 Å². The Balaban J connectivity index is 1.43. The van der Waals surface area contributed by atoms with Crippen molar-refractivity contribution in [1.29, 1.82) is 0 Å². The molecule has 4 aromatic carbocycles. The molecule has 3 nitrogen and oxygen atoms in total. The van der Waals surface area contributed by atoms with Crippen LogP contribution in [0.2, 0.25) is 0 Å². The Labute approximate surface area is 242 Å². The molecule has 0 aromatic heterocycles.